The van der Waals surface area contributed by atoms with Gasteiger partial charge < -0.3 is 16.7 Å². The molecule has 4 nitrogen and oxygen atoms in total. The van der Waals surface area contributed by atoms with Crippen LogP contribution in [0.4, 0.5) is 0 Å². The largest absolute Gasteiger partial charge is 0.428 e. The molecule has 3 aromatic rings. The topological polar surface area (TPSA) is 36.9 Å². The standard InChI is InChI=1S/C19H18O4S4/c1-9-10(2)19(23-27)16(11(3)18(9)22-26)17-13-5-4-6-14(20-24)12(13)7-8-15(17)21-25/h4-8,24-27H,1-3H3. The van der Waals surface area contributed by atoms with Crippen LogP contribution in [0.15, 0.2) is 30.3 Å². The minimum atomic E-state index is 0.560. The van der Waals surface area contributed by atoms with Gasteiger partial charge in [-0.05, 0) is 55.5 Å². The van der Waals surface area contributed by atoms with Crippen LogP contribution in [0.2, 0.25) is 0 Å². The number of benzene rings is 3. The number of thiol groups is 4. The molecule has 27 heavy (non-hydrogen) atoms. The van der Waals surface area contributed by atoms with Gasteiger partial charge in [0.15, 0.2) is 0 Å². The summed E-state index contributed by atoms with van der Waals surface area (Å²) >= 11 is 16.1. The molecule has 0 heterocycles. The van der Waals surface area contributed by atoms with E-state index in [0.717, 1.165) is 38.6 Å². The molecule has 0 atom stereocenters. The van der Waals surface area contributed by atoms with Crippen molar-refractivity contribution < 1.29 is 16.7 Å². The van der Waals surface area contributed by atoms with Gasteiger partial charge in [-0.25, -0.2) is 0 Å². The van der Waals surface area contributed by atoms with Crippen molar-refractivity contribution >= 4 is 62.4 Å². The molecule has 0 aliphatic heterocycles. The lowest BCUT2D eigenvalue weighted by Gasteiger charge is -2.22. The van der Waals surface area contributed by atoms with E-state index in [1.54, 1.807) is 0 Å². The molecule has 0 bridgehead atoms. The Bertz CT molecular complexity index is 1020. The van der Waals surface area contributed by atoms with Crippen molar-refractivity contribution in [3.05, 3.63) is 47.0 Å². The summed E-state index contributed by atoms with van der Waals surface area (Å²) in [5.41, 5.74) is 4.21. The molecule has 8 heteroatoms. The van der Waals surface area contributed by atoms with Gasteiger partial charge in [-0.2, -0.15) is 0 Å². The van der Waals surface area contributed by atoms with Crippen LogP contribution in [0.1, 0.15) is 16.7 Å². The smallest absolute Gasteiger partial charge is 0.148 e. The molecular formula is C19H18O4S4. The summed E-state index contributed by atoms with van der Waals surface area (Å²) in [7, 11) is 0. The highest BCUT2D eigenvalue weighted by Gasteiger charge is 2.25. The molecule has 0 spiro atoms. The molecule has 3 aromatic carbocycles. The summed E-state index contributed by atoms with van der Waals surface area (Å²) in [6, 6.07) is 9.40. The maximum absolute atomic E-state index is 5.48. The molecule has 0 amide bonds. The van der Waals surface area contributed by atoms with E-state index in [-0.39, 0.29) is 0 Å². The van der Waals surface area contributed by atoms with E-state index in [1.165, 1.54) is 0 Å². The molecule has 0 fully saturated rings. The van der Waals surface area contributed by atoms with Crippen molar-refractivity contribution in [3.8, 4) is 34.1 Å². The predicted molar refractivity (Wildman–Crippen MR) is 122 cm³/mol. The van der Waals surface area contributed by atoms with Gasteiger partial charge in [0.25, 0.3) is 0 Å². The van der Waals surface area contributed by atoms with Crippen molar-refractivity contribution in [1.82, 2.24) is 0 Å². The monoisotopic (exact) mass is 438 g/mol. The average molecular weight is 439 g/mol. The first kappa shape index (κ1) is 20.3. The summed E-state index contributed by atoms with van der Waals surface area (Å²) in [4.78, 5) is 0. The van der Waals surface area contributed by atoms with Gasteiger partial charge in [0.05, 0.1) is 0 Å². The zero-order chi connectivity index (χ0) is 19.7. The highest BCUT2D eigenvalue weighted by Crippen LogP contribution is 2.50. The second-order valence-corrected chi connectivity index (χ2v) is 6.79. The highest BCUT2D eigenvalue weighted by molar-refractivity contribution is 7.75. The van der Waals surface area contributed by atoms with Gasteiger partial charge in [-0.1, -0.05) is 12.1 Å². The van der Waals surface area contributed by atoms with Crippen LogP contribution >= 0.6 is 51.6 Å². The highest BCUT2D eigenvalue weighted by atomic mass is 32.1. The van der Waals surface area contributed by atoms with Gasteiger partial charge in [0.1, 0.15) is 23.0 Å². The molecular weight excluding hydrogens is 420 g/mol. The summed E-state index contributed by atoms with van der Waals surface area (Å²) in [6.45, 7) is 5.82. The number of rotatable bonds is 5. The van der Waals surface area contributed by atoms with Gasteiger partial charge >= 0.3 is 0 Å². The molecule has 0 saturated carbocycles. The Morgan fingerprint density at radius 3 is 1.78 bits per heavy atom. The van der Waals surface area contributed by atoms with Crippen LogP contribution in [0, 0.1) is 20.8 Å². The molecule has 0 aliphatic rings. The Balaban J connectivity index is 2.54. The van der Waals surface area contributed by atoms with E-state index in [1.807, 2.05) is 51.1 Å². The molecule has 0 radical (unpaired) electrons. The van der Waals surface area contributed by atoms with E-state index in [9.17, 15) is 0 Å². The summed E-state index contributed by atoms with van der Waals surface area (Å²) in [6.07, 6.45) is 0. The first-order valence-electron chi connectivity index (χ1n) is 7.95. The third kappa shape index (κ3) is 3.29. The van der Waals surface area contributed by atoms with Crippen LogP contribution < -0.4 is 16.7 Å². The van der Waals surface area contributed by atoms with Crippen LogP contribution in [0.25, 0.3) is 21.9 Å². The summed E-state index contributed by atoms with van der Waals surface area (Å²) in [5.74, 6) is 2.45. The Labute approximate surface area is 180 Å². The van der Waals surface area contributed by atoms with Crippen molar-refractivity contribution in [2.75, 3.05) is 0 Å². The molecule has 3 rings (SSSR count). The van der Waals surface area contributed by atoms with Gasteiger partial charge in [0, 0.05) is 73.7 Å². The van der Waals surface area contributed by atoms with Gasteiger partial charge in [-0.3, -0.25) is 0 Å². The lowest BCUT2D eigenvalue weighted by molar-refractivity contribution is 0.623. The van der Waals surface area contributed by atoms with Gasteiger partial charge in [-0.15, -0.1) is 0 Å². The van der Waals surface area contributed by atoms with Crippen LogP contribution in [-0.4, -0.2) is 0 Å². The van der Waals surface area contributed by atoms with Crippen molar-refractivity contribution in [3.63, 3.8) is 0 Å². The third-order valence-electron chi connectivity index (χ3n) is 4.80. The lowest BCUT2D eigenvalue weighted by atomic mass is 9.89. The Morgan fingerprint density at radius 1 is 0.556 bits per heavy atom. The van der Waals surface area contributed by atoms with E-state index in [4.69, 9.17) is 16.7 Å². The van der Waals surface area contributed by atoms with Crippen molar-refractivity contribution in [1.29, 1.82) is 0 Å². The van der Waals surface area contributed by atoms with E-state index < -0.39 is 0 Å². The van der Waals surface area contributed by atoms with E-state index in [0.29, 0.717) is 23.0 Å². The molecule has 142 valence electrons. The quantitative estimate of drug-likeness (QED) is 0.277. The molecule has 0 N–H and O–H groups in total. The van der Waals surface area contributed by atoms with Crippen molar-refractivity contribution in [2.45, 2.75) is 20.8 Å². The molecule has 0 saturated heterocycles. The van der Waals surface area contributed by atoms with Crippen LogP contribution in [0.5, 0.6) is 23.0 Å². The molecule has 0 unspecified atom stereocenters. The fourth-order valence-electron chi connectivity index (χ4n) is 3.37. The third-order valence-corrected chi connectivity index (χ3v) is 5.56. The number of fused-ring (bicyclic) bond motifs is 1. The van der Waals surface area contributed by atoms with Crippen molar-refractivity contribution in [2.24, 2.45) is 0 Å². The predicted octanol–water partition coefficient (Wildman–Crippen LogP) is 6.33. The van der Waals surface area contributed by atoms with Crippen LogP contribution in [0.3, 0.4) is 0 Å². The summed E-state index contributed by atoms with van der Waals surface area (Å²) in [5, 5.41) is 1.75. The SMILES string of the molecule is Cc1c(C)c(OS)c(-c2c(OS)ccc3c(OS)cccc23)c(C)c1OS. The zero-order valence-corrected chi connectivity index (χ0v) is 18.4. The molecule has 0 aliphatic carbocycles. The first-order valence-corrected chi connectivity index (χ1v) is 9.41. The van der Waals surface area contributed by atoms with Gasteiger partial charge in [0.2, 0.25) is 0 Å². The number of hydrogen-bond donors (Lipinski definition) is 4. The Morgan fingerprint density at radius 2 is 1.19 bits per heavy atom. The number of hydrogen-bond acceptors (Lipinski definition) is 8. The van der Waals surface area contributed by atoms with Crippen LogP contribution in [-0.2, 0) is 0 Å². The Hall–Kier alpha value is -1.48. The first-order chi connectivity index (χ1) is 13.0. The van der Waals surface area contributed by atoms with E-state index in [2.05, 4.69) is 51.6 Å². The average Bonchev–Trinajstić information content (AvgIpc) is 2.69. The second kappa shape index (κ2) is 8.26. The lowest BCUT2D eigenvalue weighted by Crippen LogP contribution is -2.00. The zero-order valence-electron chi connectivity index (χ0n) is 14.8. The maximum Gasteiger partial charge on any atom is 0.148 e. The molecule has 0 aromatic heterocycles. The normalized spacial score (nSPS) is 10.8. The minimum absolute atomic E-state index is 0.560. The summed E-state index contributed by atoms with van der Waals surface area (Å²) < 4.78 is 21.4. The fourth-order valence-corrected chi connectivity index (χ4v) is 4.18. The Kier molecular flexibility index (Phi) is 6.20. The fraction of sp³-hybridized carbons (Fsp3) is 0.158. The van der Waals surface area contributed by atoms with E-state index >= 15 is 0 Å². The maximum atomic E-state index is 5.48. The second-order valence-electron chi connectivity index (χ2n) is 6.06. The minimum Gasteiger partial charge on any atom is -0.428 e.